The second-order valence-corrected chi connectivity index (χ2v) is 16.1. The van der Waals surface area contributed by atoms with Gasteiger partial charge in [-0.2, -0.15) is 0 Å². The first kappa shape index (κ1) is 37.7. The molecule has 0 saturated carbocycles. The number of rotatable bonds is 9. The van der Waals surface area contributed by atoms with E-state index in [0.717, 1.165) is 28.2 Å². The van der Waals surface area contributed by atoms with E-state index in [1.165, 1.54) is 77.2 Å². The third-order valence-corrected chi connectivity index (χ3v) is 12.3. The number of anilines is 3. The summed E-state index contributed by atoms with van der Waals surface area (Å²) in [7, 11) is 0. The van der Waals surface area contributed by atoms with Gasteiger partial charge >= 0.3 is 0 Å². The molecule has 0 aliphatic rings. The molecular weight excluding hydrogens is 759 g/mol. The van der Waals surface area contributed by atoms with E-state index in [9.17, 15) is 0 Å². The standard InChI is InChI=1S/C62H43N/c1-3-13-44(14-4-1)53-21-11-22-54(41-53)48-33-38-58(39-34-48)63(57-36-31-47(32-37-57)46-25-28-51(29-26-46)60-24-12-20-49-18-9-10-23-59(49)60)62-43-56(35-40-61(62)50-16-5-2-6-17-50)55-30-27-45-15-7-8-19-52(45)42-55/h1-43H. The van der Waals surface area contributed by atoms with Crippen molar-refractivity contribution in [2.75, 3.05) is 4.90 Å². The normalized spacial score (nSPS) is 11.2. The van der Waals surface area contributed by atoms with Gasteiger partial charge in [0.2, 0.25) is 0 Å². The molecule has 0 amide bonds. The quantitative estimate of drug-likeness (QED) is 0.141. The molecule has 0 heterocycles. The predicted molar refractivity (Wildman–Crippen MR) is 269 cm³/mol. The monoisotopic (exact) mass is 801 g/mol. The minimum atomic E-state index is 1.08. The first-order chi connectivity index (χ1) is 31.2. The van der Waals surface area contributed by atoms with Gasteiger partial charge in [-0.25, -0.2) is 0 Å². The van der Waals surface area contributed by atoms with Crippen molar-refractivity contribution >= 4 is 38.6 Å². The third kappa shape index (κ3) is 7.58. The van der Waals surface area contributed by atoms with E-state index in [0.29, 0.717) is 0 Å². The smallest absolute Gasteiger partial charge is 0.0546 e. The molecule has 0 fully saturated rings. The Kier molecular flexibility index (Phi) is 9.97. The van der Waals surface area contributed by atoms with E-state index in [-0.39, 0.29) is 0 Å². The van der Waals surface area contributed by atoms with E-state index in [1.54, 1.807) is 0 Å². The number of benzene rings is 11. The Morgan fingerprint density at radius 3 is 1.30 bits per heavy atom. The first-order valence-corrected chi connectivity index (χ1v) is 21.7. The Labute approximate surface area is 369 Å². The van der Waals surface area contributed by atoms with Crippen LogP contribution in [0.15, 0.2) is 261 Å². The highest BCUT2D eigenvalue weighted by molar-refractivity contribution is 5.97. The molecule has 0 atom stereocenters. The molecule has 0 spiro atoms. The molecule has 0 aromatic heterocycles. The van der Waals surface area contributed by atoms with Crippen LogP contribution in [0, 0.1) is 0 Å². The second-order valence-electron chi connectivity index (χ2n) is 16.1. The lowest BCUT2D eigenvalue weighted by molar-refractivity contribution is 1.28. The van der Waals surface area contributed by atoms with Crippen LogP contribution in [0.4, 0.5) is 17.1 Å². The van der Waals surface area contributed by atoms with Crippen LogP contribution in [0.3, 0.4) is 0 Å². The van der Waals surface area contributed by atoms with Crippen molar-refractivity contribution in [2.24, 2.45) is 0 Å². The van der Waals surface area contributed by atoms with Crippen LogP contribution in [0.1, 0.15) is 0 Å². The summed E-state index contributed by atoms with van der Waals surface area (Å²) >= 11 is 0. The minimum absolute atomic E-state index is 1.08. The van der Waals surface area contributed by atoms with Gasteiger partial charge in [0.05, 0.1) is 5.69 Å². The zero-order valence-corrected chi connectivity index (χ0v) is 34.8. The van der Waals surface area contributed by atoms with E-state index < -0.39 is 0 Å². The maximum absolute atomic E-state index is 2.42. The molecule has 11 rings (SSSR count). The van der Waals surface area contributed by atoms with Gasteiger partial charge in [0, 0.05) is 16.9 Å². The fraction of sp³-hybridized carbons (Fsp3) is 0. The summed E-state index contributed by atoms with van der Waals surface area (Å²) in [5, 5.41) is 4.99. The van der Waals surface area contributed by atoms with E-state index in [4.69, 9.17) is 0 Å². The number of nitrogens with zero attached hydrogens (tertiary/aromatic N) is 1. The summed E-state index contributed by atoms with van der Waals surface area (Å²) in [6, 6.07) is 94.7. The summed E-state index contributed by atoms with van der Waals surface area (Å²) in [5.41, 5.74) is 17.6. The van der Waals surface area contributed by atoms with Crippen molar-refractivity contribution in [1.82, 2.24) is 0 Å². The summed E-state index contributed by atoms with van der Waals surface area (Å²) in [6.45, 7) is 0. The Morgan fingerprint density at radius 1 is 0.206 bits per heavy atom. The van der Waals surface area contributed by atoms with Gasteiger partial charge in [0.1, 0.15) is 0 Å². The van der Waals surface area contributed by atoms with E-state index in [1.807, 2.05) is 0 Å². The van der Waals surface area contributed by atoms with Crippen molar-refractivity contribution in [3.05, 3.63) is 261 Å². The Morgan fingerprint density at radius 2 is 0.619 bits per heavy atom. The summed E-state index contributed by atoms with van der Waals surface area (Å²) in [6.07, 6.45) is 0. The van der Waals surface area contributed by atoms with Crippen LogP contribution in [0.2, 0.25) is 0 Å². The third-order valence-electron chi connectivity index (χ3n) is 12.3. The van der Waals surface area contributed by atoms with Crippen molar-refractivity contribution in [2.45, 2.75) is 0 Å². The molecule has 11 aromatic carbocycles. The largest absolute Gasteiger partial charge is 0.310 e. The van der Waals surface area contributed by atoms with Gasteiger partial charge in [-0.15, -0.1) is 0 Å². The van der Waals surface area contributed by atoms with Gasteiger partial charge < -0.3 is 4.90 Å². The maximum atomic E-state index is 2.42. The Balaban J connectivity index is 1.02. The Hall–Kier alpha value is -8.26. The van der Waals surface area contributed by atoms with Gasteiger partial charge in [-0.05, 0) is 125 Å². The molecule has 0 N–H and O–H groups in total. The second kappa shape index (κ2) is 16.7. The fourth-order valence-corrected chi connectivity index (χ4v) is 8.99. The van der Waals surface area contributed by atoms with Crippen LogP contribution in [-0.4, -0.2) is 0 Å². The Bertz CT molecular complexity index is 3340. The lowest BCUT2D eigenvalue weighted by Gasteiger charge is -2.29. The lowest BCUT2D eigenvalue weighted by Crippen LogP contribution is -2.11. The average Bonchev–Trinajstić information content (AvgIpc) is 3.37. The highest BCUT2D eigenvalue weighted by Gasteiger charge is 2.19. The zero-order valence-electron chi connectivity index (χ0n) is 34.8. The topological polar surface area (TPSA) is 3.24 Å². The molecule has 0 bridgehead atoms. The minimum Gasteiger partial charge on any atom is -0.310 e. The summed E-state index contributed by atoms with van der Waals surface area (Å²) < 4.78 is 0. The molecule has 0 aliphatic heterocycles. The molecule has 0 aliphatic carbocycles. The molecule has 296 valence electrons. The summed E-state index contributed by atoms with van der Waals surface area (Å²) in [5.74, 6) is 0. The molecule has 63 heavy (non-hydrogen) atoms. The van der Waals surface area contributed by atoms with Gasteiger partial charge in [-0.1, -0.05) is 218 Å². The molecule has 0 unspecified atom stereocenters. The SMILES string of the molecule is c1ccc(-c2cccc(-c3ccc(N(c4ccc(-c5ccc(-c6cccc7ccccc67)cc5)cc4)c4cc(-c5ccc6ccccc6c5)ccc4-c4ccccc4)cc3)c2)cc1. The molecule has 1 nitrogen and oxygen atoms in total. The average molecular weight is 802 g/mol. The molecule has 1 heteroatoms. The lowest BCUT2D eigenvalue weighted by atomic mass is 9.95. The van der Waals surface area contributed by atoms with Crippen LogP contribution in [0.25, 0.3) is 88.3 Å². The maximum Gasteiger partial charge on any atom is 0.0546 e. The zero-order chi connectivity index (χ0) is 42.0. The molecule has 0 saturated heterocycles. The fourth-order valence-electron chi connectivity index (χ4n) is 8.99. The van der Waals surface area contributed by atoms with Crippen molar-refractivity contribution < 1.29 is 0 Å². The van der Waals surface area contributed by atoms with Gasteiger partial charge in [0.25, 0.3) is 0 Å². The predicted octanol–water partition coefficient (Wildman–Crippen LogP) is 17.5. The van der Waals surface area contributed by atoms with Crippen LogP contribution < -0.4 is 4.90 Å². The number of hydrogen-bond donors (Lipinski definition) is 0. The van der Waals surface area contributed by atoms with Gasteiger partial charge in [0.15, 0.2) is 0 Å². The number of fused-ring (bicyclic) bond motifs is 2. The molecular formula is C62H43N. The summed E-state index contributed by atoms with van der Waals surface area (Å²) in [4.78, 5) is 2.42. The first-order valence-electron chi connectivity index (χ1n) is 21.7. The molecule has 0 radical (unpaired) electrons. The number of hydrogen-bond acceptors (Lipinski definition) is 1. The van der Waals surface area contributed by atoms with Gasteiger partial charge in [-0.3, -0.25) is 0 Å². The molecule has 11 aromatic rings. The van der Waals surface area contributed by atoms with Crippen LogP contribution >= 0.6 is 0 Å². The van der Waals surface area contributed by atoms with Crippen LogP contribution in [-0.2, 0) is 0 Å². The van der Waals surface area contributed by atoms with Crippen LogP contribution in [0.5, 0.6) is 0 Å². The van der Waals surface area contributed by atoms with E-state index in [2.05, 4.69) is 266 Å². The highest BCUT2D eigenvalue weighted by atomic mass is 15.1. The van der Waals surface area contributed by atoms with Crippen molar-refractivity contribution in [3.8, 4) is 66.8 Å². The van der Waals surface area contributed by atoms with E-state index >= 15 is 0 Å². The van der Waals surface area contributed by atoms with Crippen molar-refractivity contribution in [1.29, 1.82) is 0 Å². The highest BCUT2D eigenvalue weighted by Crippen LogP contribution is 2.44. The van der Waals surface area contributed by atoms with Crippen molar-refractivity contribution in [3.63, 3.8) is 0 Å².